The molecular formula is C28H37NO. The third-order valence-electron chi connectivity index (χ3n) is 5.41. The fourth-order valence-electron chi connectivity index (χ4n) is 3.97. The Morgan fingerprint density at radius 2 is 1.67 bits per heavy atom. The summed E-state index contributed by atoms with van der Waals surface area (Å²) in [7, 11) is 0. The Kier molecular flexibility index (Phi) is 8.65. The number of carbonyl (C=O) groups excluding carboxylic acids is 1. The third kappa shape index (κ3) is 5.30. The summed E-state index contributed by atoms with van der Waals surface area (Å²) in [6.07, 6.45) is 5.55. The van der Waals surface area contributed by atoms with Crippen molar-refractivity contribution in [3.8, 4) is 0 Å². The second kappa shape index (κ2) is 11.0. The second-order valence-corrected chi connectivity index (χ2v) is 7.79. The highest BCUT2D eigenvalue weighted by molar-refractivity contribution is 5.96. The van der Waals surface area contributed by atoms with E-state index < -0.39 is 0 Å². The SMILES string of the molecule is C/C=C(/c1ccc(C(C)=O)c(CC)c1)N(C(=C(C)C)C1CC1)c1ccccc1.CC. The van der Waals surface area contributed by atoms with Crippen LogP contribution in [0.5, 0.6) is 0 Å². The molecule has 160 valence electrons. The summed E-state index contributed by atoms with van der Waals surface area (Å²) in [6, 6.07) is 16.9. The Morgan fingerprint density at radius 3 is 2.13 bits per heavy atom. The summed E-state index contributed by atoms with van der Waals surface area (Å²) in [5, 5.41) is 0. The Bertz CT molecular complexity index is 913. The highest BCUT2D eigenvalue weighted by atomic mass is 16.1. The molecule has 30 heavy (non-hydrogen) atoms. The van der Waals surface area contributed by atoms with Gasteiger partial charge in [-0.1, -0.05) is 62.8 Å². The van der Waals surface area contributed by atoms with E-state index in [2.05, 4.69) is 81.1 Å². The van der Waals surface area contributed by atoms with E-state index in [1.54, 1.807) is 6.92 Å². The Labute approximate surface area is 183 Å². The zero-order valence-electron chi connectivity index (χ0n) is 19.8. The van der Waals surface area contributed by atoms with Gasteiger partial charge in [-0.15, -0.1) is 0 Å². The van der Waals surface area contributed by atoms with E-state index in [0.717, 1.165) is 23.1 Å². The third-order valence-corrected chi connectivity index (χ3v) is 5.41. The lowest BCUT2D eigenvalue weighted by atomic mass is 9.96. The van der Waals surface area contributed by atoms with Crippen molar-refractivity contribution in [1.29, 1.82) is 0 Å². The van der Waals surface area contributed by atoms with E-state index in [9.17, 15) is 4.79 Å². The van der Waals surface area contributed by atoms with Crippen LogP contribution >= 0.6 is 0 Å². The van der Waals surface area contributed by atoms with Crippen LogP contribution in [0.4, 0.5) is 5.69 Å². The number of benzene rings is 2. The minimum Gasteiger partial charge on any atom is -0.314 e. The first-order valence-corrected chi connectivity index (χ1v) is 11.3. The molecule has 0 N–H and O–H groups in total. The average molecular weight is 404 g/mol. The van der Waals surface area contributed by atoms with Crippen molar-refractivity contribution < 1.29 is 4.79 Å². The molecule has 2 heteroatoms. The van der Waals surface area contributed by atoms with Crippen LogP contribution in [0.15, 0.2) is 65.9 Å². The number of allylic oxidation sites excluding steroid dienone is 3. The van der Waals surface area contributed by atoms with Gasteiger partial charge in [-0.05, 0) is 82.2 Å². The maximum absolute atomic E-state index is 12.0. The van der Waals surface area contributed by atoms with E-state index in [-0.39, 0.29) is 5.78 Å². The molecule has 2 nitrogen and oxygen atoms in total. The van der Waals surface area contributed by atoms with Crippen molar-refractivity contribution in [2.75, 3.05) is 4.90 Å². The highest BCUT2D eigenvalue weighted by Gasteiger charge is 2.33. The van der Waals surface area contributed by atoms with Crippen LogP contribution in [0.1, 0.15) is 82.8 Å². The first-order chi connectivity index (χ1) is 14.5. The number of aryl methyl sites for hydroxylation is 1. The Hall–Kier alpha value is -2.61. The predicted molar refractivity (Wildman–Crippen MR) is 131 cm³/mol. The fourth-order valence-corrected chi connectivity index (χ4v) is 3.97. The van der Waals surface area contributed by atoms with Crippen LogP contribution in [0.2, 0.25) is 0 Å². The first-order valence-electron chi connectivity index (χ1n) is 11.3. The number of anilines is 1. The summed E-state index contributed by atoms with van der Waals surface area (Å²) in [6.45, 7) is 14.3. The molecule has 0 spiro atoms. The number of rotatable bonds is 7. The molecular weight excluding hydrogens is 366 g/mol. The number of para-hydroxylation sites is 1. The molecule has 0 bridgehead atoms. The summed E-state index contributed by atoms with van der Waals surface area (Å²) >= 11 is 0. The summed E-state index contributed by atoms with van der Waals surface area (Å²) < 4.78 is 0. The molecule has 2 aromatic rings. The fraction of sp³-hybridized carbons (Fsp3) is 0.393. The lowest BCUT2D eigenvalue weighted by Crippen LogP contribution is -2.23. The van der Waals surface area contributed by atoms with E-state index in [0.29, 0.717) is 5.92 Å². The van der Waals surface area contributed by atoms with E-state index in [4.69, 9.17) is 0 Å². The number of carbonyl (C=O) groups is 1. The van der Waals surface area contributed by atoms with E-state index >= 15 is 0 Å². The molecule has 1 fully saturated rings. The zero-order chi connectivity index (χ0) is 22.3. The summed E-state index contributed by atoms with van der Waals surface area (Å²) in [5.74, 6) is 0.760. The lowest BCUT2D eigenvalue weighted by molar-refractivity contribution is 0.101. The van der Waals surface area contributed by atoms with Crippen molar-refractivity contribution in [3.63, 3.8) is 0 Å². The van der Waals surface area contributed by atoms with Gasteiger partial charge in [0.1, 0.15) is 0 Å². The minimum atomic E-state index is 0.133. The molecule has 3 rings (SSSR count). The number of Topliss-reactive ketones (excluding diaryl/α,β-unsaturated/α-hetero) is 1. The molecule has 0 aromatic heterocycles. The second-order valence-electron chi connectivity index (χ2n) is 7.79. The molecule has 0 aliphatic heterocycles. The quantitative estimate of drug-likeness (QED) is 0.436. The van der Waals surface area contributed by atoms with Gasteiger partial charge in [0.15, 0.2) is 5.78 Å². The summed E-state index contributed by atoms with van der Waals surface area (Å²) in [5.41, 5.74) is 8.24. The molecule has 0 radical (unpaired) electrons. The Balaban J connectivity index is 0.00000155. The van der Waals surface area contributed by atoms with Crippen LogP contribution in [-0.2, 0) is 6.42 Å². The predicted octanol–water partition coefficient (Wildman–Crippen LogP) is 8.05. The minimum absolute atomic E-state index is 0.133. The molecule has 0 amide bonds. The van der Waals surface area contributed by atoms with Crippen LogP contribution in [-0.4, -0.2) is 5.78 Å². The molecule has 0 unspecified atom stereocenters. The van der Waals surface area contributed by atoms with Gasteiger partial charge in [-0.3, -0.25) is 4.79 Å². The van der Waals surface area contributed by atoms with Gasteiger partial charge in [-0.25, -0.2) is 0 Å². The van der Waals surface area contributed by atoms with Crippen LogP contribution in [0.25, 0.3) is 5.70 Å². The molecule has 2 aromatic carbocycles. The van der Waals surface area contributed by atoms with Crippen molar-refractivity contribution in [1.82, 2.24) is 0 Å². The monoisotopic (exact) mass is 403 g/mol. The lowest BCUT2D eigenvalue weighted by Gasteiger charge is -2.32. The number of nitrogens with zero attached hydrogens (tertiary/aromatic N) is 1. The molecule has 1 saturated carbocycles. The maximum Gasteiger partial charge on any atom is 0.160 e. The standard InChI is InChI=1S/C26H31NO.C2H6/c1-6-20-17-22(15-16-24(20)19(5)28)25(7-2)27(23-11-9-8-10-12-23)26(18(3)4)21-13-14-21;1-2/h7-12,15-17,21H,6,13-14H2,1-5H3;1-2H3/b25-7-;. The molecule has 1 aliphatic carbocycles. The first kappa shape index (κ1) is 23.7. The van der Waals surface area contributed by atoms with Crippen molar-refractivity contribution in [2.24, 2.45) is 5.92 Å². The van der Waals surface area contributed by atoms with Crippen molar-refractivity contribution >= 4 is 17.2 Å². The Morgan fingerprint density at radius 1 is 1.03 bits per heavy atom. The van der Waals surface area contributed by atoms with E-state index in [1.165, 1.54) is 35.5 Å². The van der Waals surface area contributed by atoms with Gasteiger partial charge < -0.3 is 4.90 Å². The summed E-state index contributed by atoms with van der Waals surface area (Å²) in [4.78, 5) is 14.4. The number of hydrogen-bond donors (Lipinski definition) is 0. The smallest absolute Gasteiger partial charge is 0.160 e. The highest BCUT2D eigenvalue weighted by Crippen LogP contribution is 2.44. The van der Waals surface area contributed by atoms with Gasteiger partial charge in [0.2, 0.25) is 0 Å². The van der Waals surface area contributed by atoms with Gasteiger partial charge >= 0.3 is 0 Å². The van der Waals surface area contributed by atoms with Gasteiger partial charge in [-0.2, -0.15) is 0 Å². The van der Waals surface area contributed by atoms with Gasteiger partial charge in [0.25, 0.3) is 0 Å². The maximum atomic E-state index is 12.0. The molecule has 1 aliphatic rings. The molecule has 0 heterocycles. The number of hydrogen-bond acceptors (Lipinski definition) is 2. The molecule has 0 atom stereocenters. The average Bonchev–Trinajstić information content (AvgIpc) is 3.60. The van der Waals surface area contributed by atoms with Crippen LogP contribution in [0, 0.1) is 5.92 Å². The number of ketones is 1. The normalized spacial score (nSPS) is 13.2. The van der Waals surface area contributed by atoms with E-state index in [1.807, 2.05) is 19.9 Å². The topological polar surface area (TPSA) is 20.3 Å². The van der Waals surface area contributed by atoms with Gasteiger partial charge in [0.05, 0.1) is 0 Å². The van der Waals surface area contributed by atoms with Gasteiger partial charge in [0, 0.05) is 22.6 Å². The largest absolute Gasteiger partial charge is 0.314 e. The van der Waals surface area contributed by atoms with Crippen LogP contribution < -0.4 is 4.90 Å². The van der Waals surface area contributed by atoms with Crippen LogP contribution in [0.3, 0.4) is 0 Å². The van der Waals surface area contributed by atoms with Crippen molar-refractivity contribution in [2.45, 2.75) is 67.7 Å². The zero-order valence-corrected chi connectivity index (χ0v) is 19.8. The van der Waals surface area contributed by atoms with Crippen molar-refractivity contribution in [3.05, 3.63) is 82.6 Å². The molecule has 0 saturated heterocycles.